The smallest absolute Gasteiger partial charge is 0.233 e. The molecule has 1 aliphatic heterocycles. The average molecular weight is 254 g/mol. The van der Waals surface area contributed by atoms with Crippen molar-refractivity contribution in [2.24, 2.45) is 0 Å². The van der Waals surface area contributed by atoms with Gasteiger partial charge in [0.05, 0.1) is 12.3 Å². The minimum absolute atomic E-state index is 0.192. The molecular formula is C11H18N4OS. The first-order chi connectivity index (χ1) is 8.13. The lowest BCUT2D eigenvalue weighted by Gasteiger charge is -2.28. The van der Waals surface area contributed by atoms with E-state index in [9.17, 15) is 4.79 Å². The van der Waals surface area contributed by atoms with Crippen LogP contribution in [0.5, 0.6) is 0 Å². The van der Waals surface area contributed by atoms with Gasteiger partial charge in [0.1, 0.15) is 5.82 Å². The second kappa shape index (κ2) is 5.08. The summed E-state index contributed by atoms with van der Waals surface area (Å²) < 4.78 is 2.15. The highest BCUT2D eigenvalue weighted by Crippen LogP contribution is 2.18. The van der Waals surface area contributed by atoms with Gasteiger partial charge in [-0.3, -0.25) is 4.79 Å². The fraction of sp³-hybridized carbons (Fsp3) is 0.727. The van der Waals surface area contributed by atoms with Crippen LogP contribution >= 0.6 is 11.8 Å². The van der Waals surface area contributed by atoms with Gasteiger partial charge in [0.15, 0.2) is 5.82 Å². The fourth-order valence-electron chi connectivity index (χ4n) is 2.03. The number of nitrogens with zero attached hydrogens (tertiary/aromatic N) is 4. The molecule has 2 rings (SSSR count). The summed E-state index contributed by atoms with van der Waals surface area (Å²) in [5.41, 5.74) is 0. The number of carbonyl (C=O) groups excluding carboxylic acids is 1. The van der Waals surface area contributed by atoms with Crippen molar-refractivity contribution in [1.29, 1.82) is 0 Å². The van der Waals surface area contributed by atoms with Crippen LogP contribution in [0.1, 0.15) is 31.4 Å². The first-order valence-corrected chi connectivity index (χ1v) is 7.21. The lowest BCUT2D eigenvalue weighted by Crippen LogP contribution is -2.39. The van der Waals surface area contributed by atoms with E-state index in [-0.39, 0.29) is 5.91 Å². The molecular weight excluding hydrogens is 236 g/mol. The maximum absolute atomic E-state index is 11.8. The maximum Gasteiger partial charge on any atom is 0.233 e. The first kappa shape index (κ1) is 12.4. The number of aromatic nitrogens is 3. The number of amides is 1. The second-order valence-electron chi connectivity index (χ2n) is 4.53. The maximum atomic E-state index is 11.8. The minimum atomic E-state index is 0.192. The van der Waals surface area contributed by atoms with Gasteiger partial charge in [-0.15, -0.1) is 10.2 Å². The summed E-state index contributed by atoms with van der Waals surface area (Å²) in [5, 5.41) is 8.39. The summed E-state index contributed by atoms with van der Waals surface area (Å²) in [7, 11) is 0. The molecule has 0 spiro atoms. The normalized spacial score (nSPS) is 15.2. The second-order valence-corrected chi connectivity index (χ2v) is 5.40. The molecule has 0 unspecified atom stereocenters. The van der Waals surface area contributed by atoms with Gasteiger partial charge >= 0.3 is 0 Å². The lowest BCUT2D eigenvalue weighted by atomic mass is 10.2. The van der Waals surface area contributed by atoms with E-state index < -0.39 is 0 Å². The third kappa shape index (κ3) is 2.46. The summed E-state index contributed by atoms with van der Waals surface area (Å²) in [6, 6.07) is 0. The molecule has 17 heavy (non-hydrogen) atoms. The number of hydrogen-bond donors (Lipinski definition) is 0. The van der Waals surface area contributed by atoms with Crippen molar-refractivity contribution < 1.29 is 4.79 Å². The Bertz CT molecular complexity index is 416. The fourth-order valence-corrected chi connectivity index (χ4v) is 2.46. The Morgan fingerprint density at radius 1 is 1.41 bits per heavy atom. The Morgan fingerprint density at radius 2 is 2.18 bits per heavy atom. The standard InChI is InChI=1S/C11H18N4OS/c1-8(2)11-13-12-9-6-14(4-5-15(9)11)10(16)7-17-3/h8H,4-7H2,1-3H3. The third-order valence-corrected chi connectivity index (χ3v) is 3.45. The number of rotatable bonds is 3. The zero-order chi connectivity index (χ0) is 12.4. The highest BCUT2D eigenvalue weighted by molar-refractivity contribution is 7.99. The summed E-state index contributed by atoms with van der Waals surface area (Å²) in [5.74, 6) is 3.06. The quantitative estimate of drug-likeness (QED) is 0.810. The van der Waals surface area contributed by atoms with Crippen molar-refractivity contribution in [1.82, 2.24) is 19.7 Å². The van der Waals surface area contributed by atoms with Crippen LogP contribution in [0.4, 0.5) is 0 Å². The van der Waals surface area contributed by atoms with Gasteiger partial charge in [0.25, 0.3) is 0 Å². The van der Waals surface area contributed by atoms with Crippen LogP contribution in [0.2, 0.25) is 0 Å². The molecule has 0 N–H and O–H groups in total. The van der Waals surface area contributed by atoms with Crippen LogP contribution in [0, 0.1) is 0 Å². The number of carbonyl (C=O) groups is 1. The molecule has 1 aliphatic rings. The summed E-state index contributed by atoms with van der Waals surface area (Å²) in [6.45, 7) is 6.41. The Hall–Kier alpha value is -1.04. The zero-order valence-corrected chi connectivity index (χ0v) is 11.3. The minimum Gasteiger partial charge on any atom is -0.333 e. The summed E-state index contributed by atoms with van der Waals surface area (Å²) in [6.07, 6.45) is 1.95. The topological polar surface area (TPSA) is 51.0 Å². The largest absolute Gasteiger partial charge is 0.333 e. The molecule has 0 fully saturated rings. The summed E-state index contributed by atoms with van der Waals surface area (Å²) >= 11 is 1.56. The van der Waals surface area contributed by atoms with E-state index in [1.165, 1.54) is 0 Å². The van der Waals surface area contributed by atoms with Crippen molar-refractivity contribution >= 4 is 17.7 Å². The molecule has 94 valence electrons. The molecule has 0 bridgehead atoms. The average Bonchev–Trinajstić information content (AvgIpc) is 2.71. The van der Waals surface area contributed by atoms with Crippen LogP contribution in [0.25, 0.3) is 0 Å². The Morgan fingerprint density at radius 3 is 2.82 bits per heavy atom. The van der Waals surface area contributed by atoms with Gasteiger partial charge < -0.3 is 9.47 Å². The van der Waals surface area contributed by atoms with Crippen LogP contribution in [0.3, 0.4) is 0 Å². The van der Waals surface area contributed by atoms with E-state index in [2.05, 4.69) is 28.6 Å². The Balaban J connectivity index is 2.12. The number of hydrogen-bond acceptors (Lipinski definition) is 4. The SMILES string of the molecule is CSCC(=O)N1CCn2c(nnc2C(C)C)C1. The van der Waals surface area contributed by atoms with Gasteiger partial charge in [-0.25, -0.2) is 0 Å². The van der Waals surface area contributed by atoms with E-state index in [1.54, 1.807) is 11.8 Å². The van der Waals surface area contributed by atoms with Gasteiger partial charge in [0.2, 0.25) is 5.91 Å². The lowest BCUT2D eigenvalue weighted by molar-refractivity contribution is -0.129. The molecule has 1 aromatic heterocycles. The van der Waals surface area contributed by atoms with Crippen molar-refractivity contribution in [3.8, 4) is 0 Å². The van der Waals surface area contributed by atoms with E-state index in [0.29, 0.717) is 18.2 Å². The molecule has 5 nitrogen and oxygen atoms in total. The van der Waals surface area contributed by atoms with Crippen molar-refractivity contribution in [3.05, 3.63) is 11.6 Å². The van der Waals surface area contributed by atoms with E-state index >= 15 is 0 Å². The van der Waals surface area contributed by atoms with Crippen LogP contribution in [-0.2, 0) is 17.9 Å². The van der Waals surface area contributed by atoms with E-state index in [4.69, 9.17) is 0 Å². The van der Waals surface area contributed by atoms with Crippen LogP contribution in [-0.4, -0.2) is 44.1 Å². The molecule has 6 heteroatoms. The molecule has 2 heterocycles. The predicted octanol–water partition coefficient (Wildman–Crippen LogP) is 1.11. The van der Waals surface area contributed by atoms with Crippen molar-refractivity contribution in [2.45, 2.75) is 32.9 Å². The van der Waals surface area contributed by atoms with Gasteiger partial charge in [0, 0.05) is 19.0 Å². The molecule has 0 saturated heterocycles. The molecule has 0 radical (unpaired) electrons. The molecule has 0 saturated carbocycles. The molecule has 0 aliphatic carbocycles. The summed E-state index contributed by atoms with van der Waals surface area (Å²) in [4.78, 5) is 13.7. The highest BCUT2D eigenvalue weighted by atomic mass is 32.2. The van der Waals surface area contributed by atoms with Crippen molar-refractivity contribution in [3.63, 3.8) is 0 Å². The molecule has 0 aromatic carbocycles. The van der Waals surface area contributed by atoms with Crippen molar-refractivity contribution in [2.75, 3.05) is 18.6 Å². The van der Waals surface area contributed by atoms with Crippen LogP contribution in [0.15, 0.2) is 0 Å². The number of thioether (sulfide) groups is 1. The predicted molar refractivity (Wildman–Crippen MR) is 67.9 cm³/mol. The zero-order valence-electron chi connectivity index (χ0n) is 10.5. The Kier molecular flexibility index (Phi) is 3.71. The van der Waals surface area contributed by atoms with Gasteiger partial charge in [-0.1, -0.05) is 13.8 Å². The molecule has 1 amide bonds. The van der Waals surface area contributed by atoms with Gasteiger partial charge in [-0.2, -0.15) is 11.8 Å². The first-order valence-electron chi connectivity index (χ1n) is 5.82. The highest BCUT2D eigenvalue weighted by Gasteiger charge is 2.24. The third-order valence-electron chi connectivity index (χ3n) is 2.92. The molecule has 0 atom stereocenters. The number of fused-ring (bicyclic) bond motifs is 1. The van der Waals surface area contributed by atoms with Crippen LogP contribution < -0.4 is 0 Å². The van der Waals surface area contributed by atoms with Gasteiger partial charge in [-0.05, 0) is 6.26 Å². The molecule has 1 aromatic rings. The van der Waals surface area contributed by atoms with E-state index in [0.717, 1.165) is 24.7 Å². The monoisotopic (exact) mass is 254 g/mol. The Labute approximate surface area is 106 Å². The van der Waals surface area contributed by atoms with E-state index in [1.807, 2.05) is 11.2 Å².